The summed E-state index contributed by atoms with van der Waals surface area (Å²) in [4.78, 5) is 18.2. The van der Waals surface area contributed by atoms with Crippen LogP contribution in [0.2, 0.25) is 0 Å². The molecule has 1 atom stereocenters. The molecule has 7 heteroatoms. The first kappa shape index (κ1) is 14.1. The standard InChI is InChI=1S/C11H18N4O3/c1-5-8(7(2)3)14-10-9(15(16)17)11(18-4)13-6-12-10/h6-8H,5H2,1-4H3,(H,12,13,14). The van der Waals surface area contributed by atoms with Gasteiger partial charge in [-0.2, -0.15) is 4.98 Å². The summed E-state index contributed by atoms with van der Waals surface area (Å²) in [5, 5.41) is 14.1. The van der Waals surface area contributed by atoms with Gasteiger partial charge >= 0.3 is 5.69 Å². The third kappa shape index (κ3) is 3.06. The van der Waals surface area contributed by atoms with E-state index in [4.69, 9.17) is 4.74 Å². The molecule has 1 rings (SSSR count). The summed E-state index contributed by atoms with van der Waals surface area (Å²) >= 11 is 0. The van der Waals surface area contributed by atoms with Crippen molar-refractivity contribution < 1.29 is 9.66 Å². The van der Waals surface area contributed by atoms with E-state index in [-0.39, 0.29) is 23.4 Å². The van der Waals surface area contributed by atoms with Gasteiger partial charge in [0.05, 0.1) is 12.0 Å². The molecule has 0 aromatic carbocycles. The highest BCUT2D eigenvalue weighted by Crippen LogP contribution is 2.31. The van der Waals surface area contributed by atoms with Crippen molar-refractivity contribution in [3.8, 4) is 5.88 Å². The Labute approximate surface area is 106 Å². The van der Waals surface area contributed by atoms with Crippen LogP contribution in [0.15, 0.2) is 6.33 Å². The lowest BCUT2D eigenvalue weighted by atomic mass is 10.0. The third-order valence-electron chi connectivity index (χ3n) is 2.73. The highest BCUT2D eigenvalue weighted by Gasteiger charge is 2.25. The quantitative estimate of drug-likeness (QED) is 0.618. The second-order valence-corrected chi connectivity index (χ2v) is 4.24. The van der Waals surface area contributed by atoms with Crippen LogP contribution >= 0.6 is 0 Å². The number of nitrogens with one attached hydrogen (secondary N) is 1. The van der Waals surface area contributed by atoms with Gasteiger partial charge in [0.1, 0.15) is 6.33 Å². The number of methoxy groups -OCH3 is 1. The second-order valence-electron chi connectivity index (χ2n) is 4.24. The first-order valence-corrected chi connectivity index (χ1v) is 5.81. The molecule has 0 aliphatic carbocycles. The average molecular weight is 254 g/mol. The molecule has 18 heavy (non-hydrogen) atoms. The van der Waals surface area contributed by atoms with Gasteiger partial charge in [0.15, 0.2) is 0 Å². The van der Waals surface area contributed by atoms with Crippen LogP contribution in [0.25, 0.3) is 0 Å². The van der Waals surface area contributed by atoms with Crippen LogP contribution in [0.1, 0.15) is 27.2 Å². The first-order chi connectivity index (χ1) is 8.51. The van der Waals surface area contributed by atoms with Gasteiger partial charge in [-0.15, -0.1) is 0 Å². The monoisotopic (exact) mass is 254 g/mol. The Kier molecular flexibility index (Phi) is 4.82. The van der Waals surface area contributed by atoms with E-state index < -0.39 is 4.92 Å². The topological polar surface area (TPSA) is 90.2 Å². The van der Waals surface area contributed by atoms with E-state index in [1.165, 1.54) is 13.4 Å². The van der Waals surface area contributed by atoms with E-state index in [1.807, 2.05) is 20.8 Å². The Morgan fingerprint density at radius 3 is 2.61 bits per heavy atom. The van der Waals surface area contributed by atoms with E-state index in [1.54, 1.807) is 0 Å². The van der Waals surface area contributed by atoms with Crippen molar-refractivity contribution in [1.29, 1.82) is 0 Å². The van der Waals surface area contributed by atoms with Crippen molar-refractivity contribution in [3.63, 3.8) is 0 Å². The third-order valence-corrected chi connectivity index (χ3v) is 2.73. The molecule has 1 unspecified atom stereocenters. The molecule has 0 aliphatic heterocycles. The zero-order chi connectivity index (χ0) is 13.7. The van der Waals surface area contributed by atoms with Crippen LogP contribution in [0.5, 0.6) is 5.88 Å². The number of nitrogens with zero attached hydrogens (tertiary/aromatic N) is 3. The molecule has 1 aromatic heterocycles. The lowest BCUT2D eigenvalue weighted by molar-refractivity contribution is -0.385. The zero-order valence-electron chi connectivity index (χ0n) is 11.0. The summed E-state index contributed by atoms with van der Waals surface area (Å²) in [6.45, 7) is 6.11. The fourth-order valence-electron chi connectivity index (χ4n) is 1.70. The van der Waals surface area contributed by atoms with Crippen molar-refractivity contribution >= 4 is 11.5 Å². The van der Waals surface area contributed by atoms with Gasteiger partial charge < -0.3 is 10.1 Å². The Balaban J connectivity index is 3.12. The number of ether oxygens (including phenoxy) is 1. The predicted octanol–water partition coefficient (Wildman–Crippen LogP) is 2.24. The van der Waals surface area contributed by atoms with E-state index >= 15 is 0 Å². The first-order valence-electron chi connectivity index (χ1n) is 5.81. The van der Waals surface area contributed by atoms with Crippen molar-refractivity contribution in [2.75, 3.05) is 12.4 Å². The van der Waals surface area contributed by atoms with Crippen molar-refractivity contribution in [1.82, 2.24) is 9.97 Å². The lowest BCUT2D eigenvalue weighted by Crippen LogP contribution is -2.25. The minimum atomic E-state index is -0.534. The number of hydrogen-bond donors (Lipinski definition) is 1. The minimum absolute atomic E-state index is 0.0314. The van der Waals surface area contributed by atoms with Gasteiger partial charge in [-0.25, -0.2) is 4.98 Å². The molecule has 0 spiro atoms. The molecule has 0 saturated heterocycles. The van der Waals surface area contributed by atoms with Gasteiger partial charge in [0.2, 0.25) is 5.82 Å². The van der Waals surface area contributed by atoms with Crippen molar-refractivity contribution in [2.45, 2.75) is 33.2 Å². The van der Waals surface area contributed by atoms with E-state index in [0.717, 1.165) is 6.42 Å². The number of rotatable bonds is 6. The highest BCUT2D eigenvalue weighted by molar-refractivity contribution is 5.61. The molecule has 1 aromatic rings. The van der Waals surface area contributed by atoms with Crippen LogP contribution in [0.3, 0.4) is 0 Å². The molecular formula is C11H18N4O3. The zero-order valence-corrected chi connectivity index (χ0v) is 11.0. The van der Waals surface area contributed by atoms with Gasteiger partial charge in [-0.3, -0.25) is 10.1 Å². The molecule has 7 nitrogen and oxygen atoms in total. The maximum atomic E-state index is 11.0. The van der Waals surface area contributed by atoms with Gasteiger partial charge in [-0.05, 0) is 12.3 Å². The van der Waals surface area contributed by atoms with Gasteiger partial charge in [0.25, 0.3) is 5.88 Å². The normalized spacial score (nSPS) is 12.3. The van der Waals surface area contributed by atoms with Crippen LogP contribution < -0.4 is 10.1 Å². The molecule has 1 N–H and O–H groups in total. The van der Waals surface area contributed by atoms with E-state index in [2.05, 4.69) is 15.3 Å². The lowest BCUT2D eigenvalue weighted by Gasteiger charge is -2.21. The SMILES string of the molecule is CCC(Nc1ncnc(OC)c1[N+](=O)[O-])C(C)C. The Morgan fingerprint density at radius 1 is 1.50 bits per heavy atom. The minimum Gasteiger partial charge on any atom is -0.476 e. The summed E-state index contributed by atoms with van der Waals surface area (Å²) in [5.74, 6) is 0.513. The van der Waals surface area contributed by atoms with Gasteiger partial charge in [0, 0.05) is 6.04 Å². The van der Waals surface area contributed by atoms with Crippen LogP contribution in [0.4, 0.5) is 11.5 Å². The van der Waals surface area contributed by atoms with Crippen molar-refractivity contribution in [3.05, 3.63) is 16.4 Å². The average Bonchev–Trinajstić information content (AvgIpc) is 2.34. The fraction of sp³-hybridized carbons (Fsp3) is 0.636. The maximum Gasteiger partial charge on any atom is 0.372 e. The molecular weight excluding hydrogens is 236 g/mol. The molecule has 0 aliphatic rings. The second kappa shape index (κ2) is 6.13. The largest absolute Gasteiger partial charge is 0.476 e. The fourth-order valence-corrected chi connectivity index (χ4v) is 1.70. The predicted molar refractivity (Wildman–Crippen MR) is 67.8 cm³/mol. The van der Waals surface area contributed by atoms with Crippen LogP contribution in [-0.4, -0.2) is 28.0 Å². The molecule has 0 bridgehead atoms. The van der Waals surface area contributed by atoms with Crippen LogP contribution in [0, 0.1) is 16.0 Å². The Bertz CT molecular complexity index is 423. The highest BCUT2D eigenvalue weighted by atomic mass is 16.6. The maximum absolute atomic E-state index is 11.0. The van der Waals surface area contributed by atoms with E-state index in [0.29, 0.717) is 5.92 Å². The molecule has 1 heterocycles. The summed E-state index contributed by atoms with van der Waals surface area (Å²) < 4.78 is 4.89. The summed E-state index contributed by atoms with van der Waals surface area (Å²) in [5.41, 5.74) is -0.223. The number of nitro groups is 1. The molecule has 0 fully saturated rings. The summed E-state index contributed by atoms with van der Waals surface area (Å²) in [7, 11) is 1.35. The Hall–Kier alpha value is -1.92. The smallest absolute Gasteiger partial charge is 0.372 e. The molecule has 0 saturated carbocycles. The molecule has 100 valence electrons. The Morgan fingerprint density at radius 2 is 2.17 bits per heavy atom. The number of anilines is 1. The summed E-state index contributed by atoms with van der Waals surface area (Å²) in [6, 6.07) is 0.114. The number of hydrogen-bond acceptors (Lipinski definition) is 6. The molecule has 0 amide bonds. The van der Waals surface area contributed by atoms with E-state index in [9.17, 15) is 10.1 Å². The van der Waals surface area contributed by atoms with Crippen molar-refractivity contribution in [2.24, 2.45) is 5.92 Å². The summed E-state index contributed by atoms with van der Waals surface area (Å²) in [6.07, 6.45) is 2.10. The van der Waals surface area contributed by atoms with Crippen LogP contribution in [-0.2, 0) is 0 Å². The number of aromatic nitrogens is 2. The van der Waals surface area contributed by atoms with Gasteiger partial charge in [-0.1, -0.05) is 20.8 Å². The molecule has 0 radical (unpaired) electrons.